The monoisotopic (exact) mass is 529 g/mol. The Bertz CT molecular complexity index is 369. The summed E-state index contributed by atoms with van der Waals surface area (Å²) in [4.78, 5) is 2.37. The van der Waals surface area contributed by atoms with Crippen molar-refractivity contribution in [1.29, 1.82) is 0 Å². The molecule has 2 rings (SSSR count). The third-order valence-electron chi connectivity index (χ3n) is 3.02. The molecule has 0 heterocycles. The number of hydrogen-bond donors (Lipinski definition) is 0. The van der Waals surface area contributed by atoms with E-state index in [0.29, 0.717) is 0 Å². The van der Waals surface area contributed by atoms with Gasteiger partial charge in [0.05, 0.1) is 0 Å². The van der Waals surface area contributed by atoms with Crippen LogP contribution < -0.4 is 0 Å². The van der Waals surface area contributed by atoms with E-state index in [1.165, 1.54) is 11.6 Å². The summed E-state index contributed by atoms with van der Waals surface area (Å²) in [5.74, 6) is 0. The topological polar surface area (TPSA) is 3.24 Å². The van der Waals surface area contributed by atoms with Crippen LogP contribution in [0.2, 0.25) is 0 Å². The Balaban J connectivity index is -0.000000156. The molecule has 0 amide bonds. The van der Waals surface area contributed by atoms with Gasteiger partial charge in [0.15, 0.2) is 0 Å². The Kier molecular flexibility index (Phi) is 26.5. The molecule has 0 saturated heterocycles. The number of allylic oxidation sites excluding steroid dienone is 4. The zero-order valence-corrected chi connectivity index (χ0v) is 19.5. The van der Waals surface area contributed by atoms with Crippen LogP contribution in [0.15, 0.2) is 48.6 Å². The van der Waals surface area contributed by atoms with Crippen LogP contribution in [0, 0.1) is 12.1 Å². The van der Waals surface area contributed by atoms with Crippen LogP contribution in [0.4, 0.5) is 0 Å². The van der Waals surface area contributed by atoms with E-state index in [-0.39, 0.29) is 63.1 Å². The second kappa shape index (κ2) is 19.3. The molecule has 0 spiro atoms. The number of halogens is 3. The summed E-state index contributed by atoms with van der Waals surface area (Å²) in [6.45, 7) is 8.72. The van der Waals surface area contributed by atoms with Crippen molar-refractivity contribution in [3.8, 4) is 0 Å². The minimum Gasteiger partial charge on any atom is -0.331 e. The summed E-state index contributed by atoms with van der Waals surface area (Å²) in [5.41, 5.74) is 1.33. The van der Waals surface area contributed by atoms with E-state index in [1.54, 1.807) is 0 Å². The molecule has 0 unspecified atom stereocenters. The Hall–Kier alpha value is 0.270. The van der Waals surface area contributed by atoms with Crippen LogP contribution in [0.1, 0.15) is 32.8 Å². The Labute approximate surface area is 173 Å². The normalized spacial score (nSPS) is 10.2. The zero-order valence-electron chi connectivity index (χ0n) is 13.4. The standard InChI is InChI=1S/C12H18N.C5H5.3ClH.Hf/c1-4-13(5-2)11(3)12-9-7-6-8-10-12;1-2-4-5-3-1;;;;/h6-10H,4-5H2,1-3H3;1-3H,4H2;3*1H;/q2*-1;;;;. The fourth-order valence-corrected chi connectivity index (χ4v) is 1.90. The van der Waals surface area contributed by atoms with Gasteiger partial charge in [-0.1, -0.05) is 26.8 Å². The van der Waals surface area contributed by atoms with Gasteiger partial charge in [-0.25, -0.2) is 12.2 Å². The maximum atomic E-state index is 2.99. The van der Waals surface area contributed by atoms with Crippen LogP contribution in [-0.2, 0) is 25.8 Å². The molecule has 0 aliphatic heterocycles. The summed E-state index contributed by atoms with van der Waals surface area (Å²) in [6, 6.07) is 11.9. The van der Waals surface area contributed by atoms with Crippen molar-refractivity contribution < 1.29 is 25.8 Å². The van der Waals surface area contributed by atoms with Crippen molar-refractivity contribution in [2.45, 2.75) is 27.2 Å². The predicted molar refractivity (Wildman–Crippen MR) is 101 cm³/mol. The molecular weight excluding hydrogens is 503 g/mol. The molecule has 1 aromatic carbocycles. The first-order valence-corrected chi connectivity index (χ1v) is 6.65. The van der Waals surface area contributed by atoms with E-state index in [0.717, 1.165) is 19.5 Å². The molecule has 22 heavy (non-hydrogen) atoms. The van der Waals surface area contributed by atoms with E-state index in [1.807, 2.05) is 12.2 Å². The molecule has 1 aromatic rings. The molecule has 0 fully saturated rings. The summed E-state index contributed by atoms with van der Waals surface area (Å²) in [5, 5.41) is 0. The summed E-state index contributed by atoms with van der Waals surface area (Å²) < 4.78 is 0. The molecule has 1 aliphatic carbocycles. The predicted octanol–water partition coefficient (Wildman–Crippen LogP) is 5.50. The molecule has 0 aromatic heterocycles. The van der Waals surface area contributed by atoms with Gasteiger partial charge < -0.3 is 4.90 Å². The first-order valence-electron chi connectivity index (χ1n) is 6.65. The summed E-state index contributed by atoms with van der Waals surface area (Å²) in [6.07, 6.45) is 10.0. The number of rotatable bonds is 4. The summed E-state index contributed by atoms with van der Waals surface area (Å²) in [7, 11) is 0. The molecular formula is C17H26Cl3HfN-2. The van der Waals surface area contributed by atoms with E-state index in [9.17, 15) is 0 Å². The van der Waals surface area contributed by atoms with Crippen molar-refractivity contribution in [3.05, 3.63) is 66.2 Å². The minimum atomic E-state index is 0. The zero-order chi connectivity index (χ0) is 13.2. The van der Waals surface area contributed by atoms with Crippen molar-refractivity contribution in [1.82, 2.24) is 4.90 Å². The smallest absolute Gasteiger partial charge is 0 e. The largest absolute Gasteiger partial charge is 0.331 e. The van der Waals surface area contributed by atoms with Gasteiger partial charge in [0, 0.05) is 25.8 Å². The first-order chi connectivity index (χ1) is 8.79. The van der Waals surface area contributed by atoms with Crippen molar-refractivity contribution in [3.63, 3.8) is 0 Å². The molecule has 1 aliphatic rings. The van der Waals surface area contributed by atoms with Gasteiger partial charge in [0.25, 0.3) is 0 Å². The Morgan fingerprint density at radius 1 is 1.05 bits per heavy atom. The Morgan fingerprint density at radius 3 is 1.91 bits per heavy atom. The van der Waals surface area contributed by atoms with Gasteiger partial charge in [-0.15, -0.1) is 61.8 Å². The second-order valence-corrected chi connectivity index (χ2v) is 4.13. The molecule has 1 nitrogen and oxygen atoms in total. The summed E-state index contributed by atoms with van der Waals surface area (Å²) >= 11 is 0. The minimum absolute atomic E-state index is 0. The van der Waals surface area contributed by atoms with Gasteiger partial charge in [0.1, 0.15) is 0 Å². The van der Waals surface area contributed by atoms with Crippen LogP contribution in [0.5, 0.6) is 0 Å². The molecule has 0 atom stereocenters. The van der Waals surface area contributed by atoms with Crippen molar-refractivity contribution >= 4 is 37.2 Å². The first kappa shape index (κ1) is 30.2. The maximum absolute atomic E-state index is 2.99. The van der Waals surface area contributed by atoms with Gasteiger partial charge in [-0.3, -0.25) is 6.08 Å². The van der Waals surface area contributed by atoms with Crippen molar-refractivity contribution in [2.24, 2.45) is 0 Å². The van der Waals surface area contributed by atoms with Crippen LogP contribution in [-0.4, -0.2) is 18.0 Å². The van der Waals surface area contributed by atoms with Crippen LogP contribution in [0.25, 0.3) is 0 Å². The number of hydrogen-bond acceptors (Lipinski definition) is 1. The van der Waals surface area contributed by atoms with Gasteiger partial charge in [0.2, 0.25) is 0 Å². The molecule has 0 saturated carbocycles. The van der Waals surface area contributed by atoms with Gasteiger partial charge >= 0.3 is 0 Å². The average molecular weight is 529 g/mol. The van der Waals surface area contributed by atoms with Crippen LogP contribution in [0.3, 0.4) is 0 Å². The average Bonchev–Trinajstić information content (AvgIpc) is 3.00. The van der Waals surface area contributed by atoms with Gasteiger partial charge in [-0.05, 0) is 13.1 Å². The number of nitrogens with zero attached hydrogens (tertiary/aromatic N) is 1. The molecule has 5 heteroatoms. The van der Waals surface area contributed by atoms with E-state index >= 15 is 0 Å². The number of benzene rings is 1. The molecule has 0 bridgehead atoms. The fourth-order valence-electron chi connectivity index (χ4n) is 1.90. The maximum Gasteiger partial charge on any atom is 0 e. The third kappa shape index (κ3) is 11.8. The molecule has 0 radical (unpaired) electrons. The molecule has 0 N–H and O–H groups in total. The van der Waals surface area contributed by atoms with E-state index in [4.69, 9.17) is 0 Å². The van der Waals surface area contributed by atoms with Crippen molar-refractivity contribution in [2.75, 3.05) is 13.1 Å². The quantitative estimate of drug-likeness (QED) is 0.368. The molecule has 126 valence electrons. The third-order valence-corrected chi connectivity index (χ3v) is 3.02. The van der Waals surface area contributed by atoms with E-state index in [2.05, 4.69) is 68.2 Å². The van der Waals surface area contributed by atoms with Gasteiger partial charge in [-0.2, -0.15) is 23.8 Å². The van der Waals surface area contributed by atoms with E-state index < -0.39 is 0 Å². The Morgan fingerprint density at radius 2 is 1.59 bits per heavy atom. The van der Waals surface area contributed by atoms with Crippen LogP contribution >= 0.6 is 37.2 Å². The fraction of sp³-hybridized carbons (Fsp3) is 0.353. The SMILES string of the molecule is CCN(CC)[C-](C)c1ccccc1.Cl.Cl.Cl.[C-]1=CC=CC1.[Hf]. The second-order valence-electron chi connectivity index (χ2n) is 4.13.